The molecular formula is C25H28FN3O3. The van der Waals surface area contributed by atoms with Gasteiger partial charge in [0.15, 0.2) is 0 Å². The largest absolute Gasteiger partial charge is 0.370 e. The highest BCUT2D eigenvalue weighted by atomic mass is 19.1. The van der Waals surface area contributed by atoms with Gasteiger partial charge in [0.1, 0.15) is 5.82 Å². The molecule has 6 nitrogen and oxygen atoms in total. The average Bonchev–Trinajstić information content (AvgIpc) is 3.05. The normalized spacial score (nSPS) is 18.2. The van der Waals surface area contributed by atoms with Crippen LogP contribution in [0, 0.1) is 11.7 Å². The molecule has 1 saturated heterocycles. The Kier molecular flexibility index (Phi) is 6.26. The van der Waals surface area contributed by atoms with Gasteiger partial charge in [-0.05, 0) is 56.5 Å². The van der Waals surface area contributed by atoms with Gasteiger partial charge in [-0.15, -0.1) is 0 Å². The third-order valence-electron chi connectivity index (χ3n) is 6.39. The molecule has 4 rings (SSSR count). The zero-order valence-electron chi connectivity index (χ0n) is 18.5. The van der Waals surface area contributed by atoms with Crippen LogP contribution in [0.1, 0.15) is 53.0 Å². The molecule has 1 fully saturated rings. The molecule has 0 spiro atoms. The molecule has 2 aromatic rings. The van der Waals surface area contributed by atoms with Gasteiger partial charge in [-0.3, -0.25) is 19.3 Å². The summed E-state index contributed by atoms with van der Waals surface area (Å²) >= 11 is 0. The topological polar surface area (TPSA) is 60.9 Å². The van der Waals surface area contributed by atoms with E-state index in [9.17, 15) is 18.8 Å². The van der Waals surface area contributed by atoms with Gasteiger partial charge in [-0.2, -0.15) is 0 Å². The summed E-state index contributed by atoms with van der Waals surface area (Å²) in [6, 6.07) is 11.2. The van der Waals surface area contributed by atoms with E-state index in [1.807, 2.05) is 24.8 Å². The van der Waals surface area contributed by atoms with E-state index in [-0.39, 0.29) is 30.2 Å². The molecule has 3 amide bonds. The Morgan fingerprint density at radius 2 is 1.84 bits per heavy atom. The number of carbonyl (C=O) groups is 3. The van der Waals surface area contributed by atoms with Gasteiger partial charge in [0.2, 0.25) is 5.91 Å². The highest BCUT2D eigenvalue weighted by Gasteiger charge is 2.39. The minimum atomic E-state index is -0.406. The molecule has 0 saturated carbocycles. The first-order valence-electron chi connectivity index (χ1n) is 11.2. The van der Waals surface area contributed by atoms with Crippen molar-refractivity contribution in [3.63, 3.8) is 0 Å². The van der Waals surface area contributed by atoms with Crippen molar-refractivity contribution in [2.24, 2.45) is 5.92 Å². The zero-order valence-corrected chi connectivity index (χ0v) is 18.5. The SMILES string of the molecule is CCN(CC)C(=O)C1CCCN(c2cccc3c2C(=O)N(Cc2cccc(F)c2)C3=O)C1. The molecule has 7 heteroatoms. The smallest absolute Gasteiger partial charge is 0.263 e. The fourth-order valence-corrected chi connectivity index (χ4v) is 4.73. The van der Waals surface area contributed by atoms with E-state index in [2.05, 4.69) is 4.90 Å². The third kappa shape index (κ3) is 3.99. The second kappa shape index (κ2) is 9.10. The van der Waals surface area contributed by atoms with E-state index < -0.39 is 5.82 Å². The summed E-state index contributed by atoms with van der Waals surface area (Å²) in [5.74, 6) is -1.14. The third-order valence-corrected chi connectivity index (χ3v) is 6.39. The number of nitrogens with zero attached hydrogens (tertiary/aromatic N) is 3. The molecule has 2 aromatic carbocycles. The quantitative estimate of drug-likeness (QED) is 0.647. The van der Waals surface area contributed by atoms with E-state index in [0.717, 1.165) is 19.4 Å². The minimum Gasteiger partial charge on any atom is -0.370 e. The molecule has 0 bridgehead atoms. The van der Waals surface area contributed by atoms with E-state index in [0.29, 0.717) is 42.0 Å². The number of carbonyl (C=O) groups excluding carboxylic acids is 3. The van der Waals surface area contributed by atoms with Gasteiger partial charge >= 0.3 is 0 Å². The summed E-state index contributed by atoms with van der Waals surface area (Å²) in [5, 5.41) is 0. The molecule has 1 atom stereocenters. The van der Waals surface area contributed by atoms with Crippen LogP contribution in [0.15, 0.2) is 42.5 Å². The monoisotopic (exact) mass is 437 g/mol. The van der Waals surface area contributed by atoms with Crippen LogP contribution in [0.3, 0.4) is 0 Å². The number of piperidine rings is 1. The van der Waals surface area contributed by atoms with E-state index in [1.165, 1.54) is 17.0 Å². The lowest BCUT2D eigenvalue weighted by Crippen LogP contribution is -2.45. The van der Waals surface area contributed by atoms with Crippen molar-refractivity contribution in [3.05, 3.63) is 65.0 Å². The first-order chi connectivity index (χ1) is 15.4. The first kappa shape index (κ1) is 22.0. The highest BCUT2D eigenvalue weighted by Crippen LogP contribution is 2.35. The van der Waals surface area contributed by atoms with Crippen LogP contribution in [-0.4, -0.2) is 53.7 Å². The average molecular weight is 438 g/mol. The molecule has 0 aromatic heterocycles. The van der Waals surface area contributed by atoms with Gasteiger partial charge in [0.05, 0.1) is 29.3 Å². The second-order valence-electron chi connectivity index (χ2n) is 8.32. The second-order valence-corrected chi connectivity index (χ2v) is 8.32. The molecule has 0 radical (unpaired) electrons. The Balaban J connectivity index is 1.59. The van der Waals surface area contributed by atoms with Gasteiger partial charge in [-0.1, -0.05) is 18.2 Å². The van der Waals surface area contributed by atoms with Crippen LogP contribution < -0.4 is 4.90 Å². The Morgan fingerprint density at radius 3 is 2.56 bits per heavy atom. The van der Waals surface area contributed by atoms with Crippen LogP contribution in [0.5, 0.6) is 0 Å². The van der Waals surface area contributed by atoms with Crippen molar-refractivity contribution in [1.29, 1.82) is 0 Å². The Hall–Kier alpha value is -3.22. The van der Waals surface area contributed by atoms with E-state index >= 15 is 0 Å². The maximum Gasteiger partial charge on any atom is 0.263 e. The Bertz CT molecular complexity index is 1050. The predicted molar refractivity (Wildman–Crippen MR) is 120 cm³/mol. The summed E-state index contributed by atoms with van der Waals surface area (Å²) in [7, 11) is 0. The van der Waals surface area contributed by atoms with Gasteiger partial charge in [-0.25, -0.2) is 4.39 Å². The summed E-state index contributed by atoms with van der Waals surface area (Å²) in [6.45, 7) is 6.57. The number of hydrogen-bond acceptors (Lipinski definition) is 4. The fraction of sp³-hybridized carbons (Fsp3) is 0.400. The molecule has 168 valence electrons. The van der Waals surface area contributed by atoms with Crippen molar-refractivity contribution < 1.29 is 18.8 Å². The lowest BCUT2D eigenvalue weighted by Gasteiger charge is -2.36. The maximum absolute atomic E-state index is 13.6. The fourth-order valence-electron chi connectivity index (χ4n) is 4.73. The molecule has 32 heavy (non-hydrogen) atoms. The Morgan fingerprint density at radius 1 is 1.09 bits per heavy atom. The molecule has 2 heterocycles. The summed E-state index contributed by atoms with van der Waals surface area (Å²) < 4.78 is 13.6. The number of amides is 3. The maximum atomic E-state index is 13.6. The molecule has 1 unspecified atom stereocenters. The molecular weight excluding hydrogens is 409 g/mol. The van der Waals surface area contributed by atoms with Crippen molar-refractivity contribution in [2.45, 2.75) is 33.2 Å². The molecule has 0 N–H and O–H groups in total. The minimum absolute atomic E-state index is 0.0205. The van der Waals surface area contributed by atoms with Crippen LogP contribution in [0.4, 0.5) is 10.1 Å². The van der Waals surface area contributed by atoms with Gasteiger partial charge in [0.25, 0.3) is 11.8 Å². The zero-order chi connectivity index (χ0) is 22.8. The lowest BCUT2D eigenvalue weighted by molar-refractivity contribution is -0.135. The van der Waals surface area contributed by atoms with Crippen LogP contribution in [0.2, 0.25) is 0 Å². The molecule has 2 aliphatic heterocycles. The standard InChI is InChI=1S/C25H28FN3O3/c1-3-27(4-2)23(30)18-9-7-13-28(16-18)21-12-6-11-20-22(21)25(32)29(24(20)31)15-17-8-5-10-19(26)14-17/h5-6,8,10-12,14,18H,3-4,7,9,13,15-16H2,1-2H3. The van der Waals surface area contributed by atoms with E-state index in [1.54, 1.807) is 24.3 Å². The first-order valence-corrected chi connectivity index (χ1v) is 11.2. The molecule has 0 aliphatic carbocycles. The number of anilines is 1. The van der Waals surface area contributed by atoms with Crippen molar-refractivity contribution >= 4 is 23.4 Å². The number of fused-ring (bicyclic) bond motifs is 1. The van der Waals surface area contributed by atoms with Crippen LogP contribution in [-0.2, 0) is 11.3 Å². The number of halogens is 1. The number of hydrogen-bond donors (Lipinski definition) is 0. The summed E-state index contributed by atoms with van der Waals surface area (Å²) in [4.78, 5) is 44.3. The highest BCUT2D eigenvalue weighted by molar-refractivity contribution is 6.23. The van der Waals surface area contributed by atoms with Crippen LogP contribution >= 0.6 is 0 Å². The summed E-state index contributed by atoms with van der Waals surface area (Å²) in [5.41, 5.74) is 1.99. The van der Waals surface area contributed by atoms with Gasteiger partial charge < -0.3 is 9.80 Å². The Labute approximate surface area is 187 Å². The number of imide groups is 1. The van der Waals surface area contributed by atoms with Crippen LogP contribution in [0.25, 0.3) is 0 Å². The van der Waals surface area contributed by atoms with E-state index in [4.69, 9.17) is 0 Å². The van der Waals surface area contributed by atoms with Crippen molar-refractivity contribution in [3.8, 4) is 0 Å². The number of rotatable bonds is 6. The van der Waals surface area contributed by atoms with Gasteiger partial charge in [0, 0.05) is 26.2 Å². The number of benzene rings is 2. The summed E-state index contributed by atoms with van der Waals surface area (Å²) in [6.07, 6.45) is 1.66. The predicted octanol–water partition coefficient (Wildman–Crippen LogP) is 3.71. The molecule has 2 aliphatic rings. The lowest BCUT2D eigenvalue weighted by atomic mass is 9.94. The van der Waals surface area contributed by atoms with Crippen molar-refractivity contribution in [2.75, 3.05) is 31.1 Å². The van der Waals surface area contributed by atoms with Crippen molar-refractivity contribution in [1.82, 2.24) is 9.80 Å².